The summed E-state index contributed by atoms with van der Waals surface area (Å²) in [5, 5.41) is 62.1. The number of aliphatic hydroxyl groups excluding tert-OH is 6. The molecule has 0 bridgehead atoms. The largest absolute Gasteiger partial charge is 0.387 e. The number of quaternary nitrogens is 5. The van der Waals surface area contributed by atoms with Gasteiger partial charge in [0.1, 0.15) is 86.2 Å². The third kappa shape index (κ3) is 5.32. The van der Waals surface area contributed by atoms with Crippen molar-refractivity contribution in [3.8, 4) is 0 Å². The summed E-state index contributed by atoms with van der Waals surface area (Å²) in [5.74, 6) is 0. The Labute approximate surface area is 190 Å². The fraction of sp³-hybridized carbons (Fsp3) is 1.00. The first-order valence-electron chi connectivity index (χ1n) is 11.3. The zero-order chi connectivity index (χ0) is 24.6. The first-order chi connectivity index (χ1) is 15.5. The van der Waals surface area contributed by atoms with Crippen LogP contribution in [0.15, 0.2) is 0 Å². The van der Waals surface area contributed by atoms with Gasteiger partial charge in [-0.2, -0.15) is 0 Å². The van der Waals surface area contributed by atoms with Gasteiger partial charge in [0.15, 0.2) is 12.3 Å². The lowest BCUT2D eigenvalue weighted by Gasteiger charge is -2.46. The third-order valence-electron chi connectivity index (χ3n) is 6.86. The summed E-state index contributed by atoms with van der Waals surface area (Å²) in [5.41, 5.74) is 19.3. The van der Waals surface area contributed by atoms with Gasteiger partial charge in [0.2, 0.25) is 6.29 Å². The Morgan fingerprint density at radius 1 is 0.606 bits per heavy atom. The number of ether oxygens (including phenoxy) is 4. The summed E-state index contributed by atoms with van der Waals surface area (Å²) in [7, 11) is 0. The molecule has 3 fully saturated rings. The van der Waals surface area contributed by atoms with Crippen molar-refractivity contribution in [2.45, 2.75) is 98.2 Å². The van der Waals surface area contributed by atoms with Gasteiger partial charge in [-0.05, 0) is 0 Å². The molecule has 3 rings (SSSR count). The highest BCUT2D eigenvalue weighted by Gasteiger charge is 2.54. The number of aliphatic hydroxyl groups is 6. The zero-order valence-electron chi connectivity index (χ0n) is 18.6. The standard InChI is InChI=1S/C18H37N5O10/c19-2-6-10(25)12(27)8(23)17(30-6)32-15-5(22)1-4(21)9(24)16(15)33-18-14(29)13(28)11(26)7(3-20)31-18/h4-18,24-29H,1-3,19-23H2/p+5/t4-,5+,6-,7-,8-,9+,10-,11+,12-,13+,14-,15-,16-,17-,18+/m1/s1. The molecule has 2 aliphatic heterocycles. The van der Waals surface area contributed by atoms with Crippen molar-refractivity contribution in [3.05, 3.63) is 0 Å². The van der Waals surface area contributed by atoms with Crippen LogP contribution >= 0.6 is 0 Å². The van der Waals surface area contributed by atoms with E-state index in [1.165, 1.54) is 0 Å². The summed E-state index contributed by atoms with van der Waals surface area (Å²) in [6.07, 6.45) is -13.7. The molecule has 15 atom stereocenters. The van der Waals surface area contributed by atoms with Crippen LogP contribution in [-0.4, -0.2) is 135 Å². The highest BCUT2D eigenvalue weighted by atomic mass is 16.7. The van der Waals surface area contributed by atoms with E-state index in [0.29, 0.717) is 6.42 Å². The monoisotopic (exact) mass is 488 g/mol. The maximum absolute atomic E-state index is 10.9. The summed E-state index contributed by atoms with van der Waals surface area (Å²) < 4.78 is 23.4. The van der Waals surface area contributed by atoms with Crippen LogP contribution in [-0.2, 0) is 18.9 Å². The predicted octanol–water partition coefficient (Wildman–Crippen LogP) is -10.9. The lowest BCUT2D eigenvalue weighted by molar-refractivity contribution is -0.537. The fourth-order valence-corrected chi connectivity index (χ4v) is 4.68. The molecule has 194 valence electrons. The van der Waals surface area contributed by atoms with Gasteiger partial charge in [0.05, 0.1) is 6.42 Å². The molecule has 15 nitrogen and oxygen atoms in total. The maximum Gasteiger partial charge on any atom is 0.214 e. The molecule has 21 N–H and O–H groups in total. The van der Waals surface area contributed by atoms with Crippen molar-refractivity contribution in [3.63, 3.8) is 0 Å². The second kappa shape index (κ2) is 11.0. The molecule has 3 aliphatic rings. The smallest absolute Gasteiger partial charge is 0.214 e. The first-order valence-corrected chi connectivity index (χ1v) is 11.3. The summed E-state index contributed by atoms with van der Waals surface area (Å²) >= 11 is 0. The zero-order valence-corrected chi connectivity index (χ0v) is 18.6. The Kier molecular flexibility index (Phi) is 8.99. The van der Waals surface area contributed by atoms with Crippen LogP contribution < -0.4 is 28.7 Å². The predicted molar refractivity (Wildman–Crippen MR) is 103 cm³/mol. The molecule has 0 aromatic rings. The van der Waals surface area contributed by atoms with Crippen molar-refractivity contribution in [2.24, 2.45) is 0 Å². The number of hydrogen-bond donors (Lipinski definition) is 11. The quantitative estimate of drug-likeness (QED) is 0.168. The van der Waals surface area contributed by atoms with Gasteiger partial charge < -0.3 is 78.3 Å². The van der Waals surface area contributed by atoms with Gasteiger partial charge in [-0.25, -0.2) is 0 Å². The summed E-state index contributed by atoms with van der Waals surface area (Å²) in [6.45, 7) is 0.293. The second-order valence-electron chi connectivity index (χ2n) is 9.23. The van der Waals surface area contributed by atoms with Crippen LogP contribution in [0.3, 0.4) is 0 Å². The van der Waals surface area contributed by atoms with Crippen molar-refractivity contribution >= 4 is 0 Å². The van der Waals surface area contributed by atoms with Crippen LogP contribution in [0.25, 0.3) is 0 Å². The van der Waals surface area contributed by atoms with E-state index in [0.717, 1.165) is 0 Å². The van der Waals surface area contributed by atoms with Crippen molar-refractivity contribution in [2.75, 3.05) is 13.1 Å². The summed E-state index contributed by atoms with van der Waals surface area (Å²) in [6, 6.07) is -1.76. The molecule has 0 spiro atoms. The van der Waals surface area contributed by atoms with E-state index in [4.69, 9.17) is 18.9 Å². The SMILES string of the molecule is [NH3+]C[C@H]1O[C@@H](O[C@@H]2[C@@H](O)[C@H]([NH3+])C[C@H]([NH3+])[C@H]2O[C@H]2O[C@H](C[NH3+])[C@@H](O)[C@H](O)[C@H]2[NH3+])[C@H](O)[C@@H](O)[C@H]1O. The highest BCUT2D eigenvalue weighted by Crippen LogP contribution is 2.30. The minimum atomic E-state index is -1.59. The topological polar surface area (TPSA) is 296 Å². The van der Waals surface area contributed by atoms with E-state index in [1.807, 2.05) is 0 Å². The molecular formula is C18H42N5O10+5. The van der Waals surface area contributed by atoms with Gasteiger partial charge in [-0.3, -0.25) is 0 Å². The molecule has 0 unspecified atom stereocenters. The number of rotatable bonds is 6. The van der Waals surface area contributed by atoms with Crippen LogP contribution in [0.5, 0.6) is 0 Å². The van der Waals surface area contributed by atoms with E-state index in [2.05, 4.69) is 28.7 Å². The molecule has 0 radical (unpaired) electrons. The van der Waals surface area contributed by atoms with Crippen molar-refractivity contribution in [1.82, 2.24) is 0 Å². The van der Waals surface area contributed by atoms with Gasteiger partial charge >= 0.3 is 0 Å². The Bertz CT molecular complexity index is 635. The average Bonchev–Trinajstić information content (AvgIpc) is 2.79. The summed E-state index contributed by atoms with van der Waals surface area (Å²) in [4.78, 5) is 0. The second-order valence-corrected chi connectivity index (χ2v) is 9.23. The molecule has 1 aliphatic carbocycles. The van der Waals surface area contributed by atoms with Crippen LogP contribution in [0.1, 0.15) is 6.42 Å². The average molecular weight is 489 g/mol. The van der Waals surface area contributed by atoms with E-state index in [-0.39, 0.29) is 13.1 Å². The third-order valence-corrected chi connectivity index (χ3v) is 6.86. The van der Waals surface area contributed by atoms with Crippen LogP contribution in [0.2, 0.25) is 0 Å². The van der Waals surface area contributed by atoms with Crippen LogP contribution in [0, 0.1) is 0 Å². The molecule has 15 heteroatoms. The molecule has 2 heterocycles. The van der Waals surface area contributed by atoms with E-state index >= 15 is 0 Å². The Hall–Kier alpha value is -0.600. The maximum atomic E-state index is 10.9. The van der Waals surface area contributed by atoms with Gasteiger partial charge in [0, 0.05) is 0 Å². The van der Waals surface area contributed by atoms with Gasteiger partial charge in [-0.1, -0.05) is 0 Å². The lowest BCUT2D eigenvalue weighted by atomic mass is 9.84. The Balaban J connectivity index is 1.80. The highest BCUT2D eigenvalue weighted by molar-refractivity contribution is 4.97. The van der Waals surface area contributed by atoms with Crippen molar-refractivity contribution < 1.29 is 78.3 Å². The Morgan fingerprint density at radius 3 is 1.70 bits per heavy atom. The molecule has 2 saturated heterocycles. The van der Waals surface area contributed by atoms with Crippen molar-refractivity contribution in [1.29, 1.82) is 0 Å². The minimum absolute atomic E-state index is 0.111. The van der Waals surface area contributed by atoms with Crippen LogP contribution in [0.4, 0.5) is 0 Å². The van der Waals surface area contributed by atoms with E-state index in [1.54, 1.807) is 0 Å². The van der Waals surface area contributed by atoms with E-state index < -0.39 is 91.7 Å². The first kappa shape index (κ1) is 27.0. The number of hydrogen-bond acceptors (Lipinski definition) is 10. The van der Waals surface area contributed by atoms with Gasteiger partial charge in [-0.15, -0.1) is 0 Å². The lowest BCUT2D eigenvalue weighted by Crippen LogP contribution is -2.84. The minimum Gasteiger partial charge on any atom is -0.387 e. The Morgan fingerprint density at radius 2 is 1.12 bits per heavy atom. The molecule has 0 aromatic carbocycles. The fourth-order valence-electron chi connectivity index (χ4n) is 4.68. The molecule has 1 saturated carbocycles. The normalized spacial score (nSPS) is 53.7. The molecule has 0 aromatic heterocycles. The molecule has 0 amide bonds. The molecule has 33 heavy (non-hydrogen) atoms. The van der Waals surface area contributed by atoms with E-state index in [9.17, 15) is 30.6 Å². The van der Waals surface area contributed by atoms with Gasteiger partial charge in [0.25, 0.3) is 0 Å². The molecular weight excluding hydrogens is 446 g/mol.